The van der Waals surface area contributed by atoms with Crippen molar-refractivity contribution in [1.82, 2.24) is 5.32 Å². The van der Waals surface area contributed by atoms with E-state index in [1.807, 2.05) is 0 Å². The fourth-order valence-electron chi connectivity index (χ4n) is 2.41. The first kappa shape index (κ1) is 13.4. The van der Waals surface area contributed by atoms with E-state index in [4.69, 9.17) is 4.74 Å². The highest BCUT2D eigenvalue weighted by atomic mass is 16.5. The Labute approximate surface area is 111 Å². The van der Waals surface area contributed by atoms with Crippen LogP contribution in [0.2, 0.25) is 0 Å². The van der Waals surface area contributed by atoms with Crippen LogP contribution in [-0.2, 0) is 0 Å². The van der Waals surface area contributed by atoms with Gasteiger partial charge in [0.05, 0.1) is 6.10 Å². The summed E-state index contributed by atoms with van der Waals surface area (Å²) >= 11 is 0. The van der Waals surface area contributed by atoms with Crippen LogP contribution in [0.4, 0.5) is 0 Å². The second-order valence-electron chi connectivity index (χ2n) is 5.54. The lowest BCUT2D eigenvalue weighted by molar-refractivity contribution is 0.242. The fourth-order valence-corrected chi connectivity index (χ4v) is 2.41. The molecule has 0 amide bonds. The van der Waals surface area contributed by atoms with Crippen LogP contribution in [-0.4, -0.2) is 19.2 Å². The zero-order chi connectivity index (χ0) is 13.0. The maximum Gasteiger partial charge on any atom is 0.119 e. The molecule has 0 aliphatic heterocycles. The molecule has 1 aromatic rings. The molecular formula is C16H25NO. The fraction of sp³-hybridized carbons (Fsp3) is 0.625. The highest BCUT2D eigenvalue weighted by Gasteiger charge is 2.37. The van der Waals surface area contributed by atoms with E-state index in [0.29, 0.717) is 0 Å². The third kappa shape index (κ3) is 3.74. The molecule has 2 nitrogen and oxygen atoms in total. The Morgan fingerprint density at radius 3 is 2.61 bits per heavy atom. The molecule has 2 unspecified atom stereocenters. The summed E-state index contributed by atoms with van der Waals surface area (Å²) in [4.78, 5) is 0. The van der Waals surface area contributed by atoms with Gasteiger partial charge in [-0.25, -0.2) is 0 Å². The molecule has 0 heterocycles. The monoisotopic (exact) mass is 247 g/mol. The molecule has 1 saturated carbocycles. The van der Waals surface area contributed by atoms with Crippen molar-refractivity contribution in [3.05, 3.63) is 29.8 Å². The molecule has 0 spiro atoms. The number of hydrogen-bond acceptors (Lipinski definition) is 2. The molecule has 2 atom stereocenters. The highest BCUT2D eigenvalue weighted by molar-refractivity contribution is 5.32. The minimum atomic E-state index is 0.253. The van der Waals surface area contributed by atoms with Gasteiger partial charge in [-0.3, -0.25) is 0 Å². The van der Waals surface area contributed by atoms with E-state index in [9.17, 15) is 0 Å². The summed E-state index contributed by atoms with van der Waals surface area (Å²) in [6, 6.07) is 8.65. The maximum atomic E-state index is 5.66. The van der Waals surface area contributed by atoms with Gasteiger partial charge in [-0.15, -0.1) is 0 Å². The van der Waals surface area contributed by atoms with Gasteiger partial charge >= 0.3 is 0 Å². The lowest BCUT2D eigenvalue weighted by atomic mass is 10.1. The minimum absolute atomic E-state index is 0.253. The number of nitrogens with one attached hydrogen (secondary N) is 1. The summed E-state index contributed by atoms with van der Waals surface area (Å²) in [5, 5.41) is 3.51. The van der Waals surface area contributed by atoms with Crippen LogP contribution in [0, 0.1) is 5.92 Å². The molecule has 100 valence electrons. The molecule has 0 aromatic heterocycles. The zero-order valence-corrected chi connectivity index (χ0v) is 11.8. The number of rotatable bonds is 7. The molecule has 2 heteroatoms. The molecule has 1 aromatic carbocycles. The van der Waals surface area contributed by atoms with Crippen molar-refractivity contribution >= 4 is 0 Å². The highest BCUT2D eigenvalue weighted by Crippen LogP contribution is 2.47. The summed E-state index contributed by atoms with van der Waals surface area (Å²) in [7, 11) is 0. The normalized spacial score (nSPS) is 22.2. The molecule has 1 aliphatic rings. The summed E-state index contributed by atoms with van der Waals surface area (Å²) < 4.78 is 5.66. The van der Waals surface area contributed by atoms with Crippen LogP contribution in [0.3, 0.4) is 0 Å². The third-order valence-electron chi connectivity index (χ3n) is 3.44. The van der Waals surface area contributed by atoms with E-state index in [2.05, 4.69) is 50.4 Å². The van der Waals surface area contributed by atoms with Gasteiger partial charge in [-0.1, -0.05) is 19.1 Å². The minimum Gasteiger partial charge on any atom is -0.491 e. The Morgan fingerprint density at radius 2 is 2.00 bits per heavy atom. The first-order valence-corrected chi connectivity index (χ1v) is 7.18. The maximum absolute atomic E-state index is 5.66. The van der Waals surface area contributed by atoms with E-state index in [0.717, 1.165) is 24.1 Å². The number of ether oxygens (including phenoxy) is 1. The first-order valence-electron chi connectivity index (χ1n) is 7.18. The predicted molar refractivity (Wildman–Crippen MR) is 76.2 cm³/mol. The van der Waals surface area contributed by atoms with Crippen molar-refractivity contribution in [3.63, 3.8) is 0 Å². The van der Waals surface area contributed by atoms with Gasteiger partial charge in [0.15, 0.2) is 0 Å². The third-order valence-corrected chi connectivity index (χ3v) is 3.44. The SMILES string of the molecule is CCCNCC1CC1c1ccc(OC(C)C)cc1. The van der Waals surface area contributed by atoms with Gasteiger partial charge in [-0.05, 0) is 69.3 Å². The lowest BCUT2D eigenvalue weighted by Crippen LogP contribution is -2.17. The van der Waals surface area contributed by atoms with Crippen LogP contribution >= 0.6 is 0 Å². The van der Waals surface area contributed by atoms with Crippen LogP contribution in [0.1, 0.15) is 45.1 Å². The number of hydrogen-bond donors (Lipinski definition) is 1. The van der Waals surface area contributed by atoms with E-state index < -0.39 is 0 Å². The molecule has 18 heavy (non-hydrogen) atoms. The van der Waals surface area contributed by atoms with Crippen LogP contribution in [0.25, 0.3) is 0 Å². The van der Waals surface area contributed by atoms with Crippen molar-refractivity contribution in [2.75, 3.05) is 13.1 Å². The summed E-state index contributed by atoms with van der Waals surface area (Å²) in [6.45, 7) is 8.65. The quantitative estimate of drug-likeness (QED) is 0.744. The molecule has 0 bridgehead atoms. The van der Waals surface area contributed by atoms with Gasteiger partial charge in [0.2, 0.25) is 0 Å². The van der Waals surface area contributed by atoms with E-state index >= 15 is 0 Å². The predicted octanol–water partition coefficient (Wildman–Crippen LogP) is 3.58. The van der Waals surface area contributed by atoms with Gasteiger partial charge in [0.1, 0.15) is 5.75 Å². The Bertz CT molecular complexity index is 358. The molecule has 2 rings (SSSR count). The van der Waals surface area contributed by atoms with Gasteiger partial charge in [0.25, 0.3) is 0 Å². The summed E-state index contributed by atoms with van der Waals surface area (Å²) in [5.74, 6) is 2.59. The van der Waals surface area contributed by atoms with Crippen LogP contribution in [0.15, 0.2) is 24.3 Å². The smallest absolute Gasteiger partial charge is 0.119 e. The number of benzene rings is 1. The van der Waals surface area contributed by atoms with Crippen molar-refractivity contribution < 1.29 is 4.74 Å². The van der Waals surface area contributed by atoms with E-state index in [-0.39, 0.29) is 6.10 Å². The summed E-state index contributed by atoms with van der Waals surface area (Å²) in [6.07, 6.45) is 2.81. The van der Waals surface area contributed by atoms with Gasteiger partial charge in [-0.2, -0.15) is 0 Å². The van der Waals surface area contributed by atoms with Crippen molar-refractivity contribution in [1.29, 1.82) is 0 Å². The second kappa shape index (κ2) is 6.24. The topological polar surface area (TPSA) is 21.3 Å². The molecule has 1 N–H and O–H groups in total. The Balaban J connectivity index is 1.81. The summed E-state index contributed by atoms with van der Waals surface area (Å²) in [5.41, 5.74) is 1.47. The Hall–Kier alpha value is -1.02. The van der Waals surface area contributed by atoms with Crippen molar-refractivity contribution in [2.45, 2.75) is 45.6 Å². The molecule has 0 radical (unpaired) electrons. The van der Waals surface area contributed by atoms with Gasteiger partial charge < -0.3 is 10.1 Å². The molecule has 1 aliphatic carbocycles. The van der Waals surface area contributed by atoms with Crippen LogP contribution < -0.4 is 10.1 Å². The van der Waals surface area contributed by atoms with Crippen molar-refractivity contribution in [2.24, 2.45) is 5.92 Å². The second-order valence-corrected chi connectivity index (χ2v) is 5.54. The van der Waals surface area contributed by atoms with E-state index in [1.165, 1.54) is 24.9 Å². The molecular weight excluding hydrogens is 222 g/mol. The molecule has 1 fully saturated rings. The van der Waals surface area contributed by atoms with Crippen molar-refractivity contribution in [3.8, 4) is 5.75 Å². The lowest BCUT2D eigenvalue weighted by Gasteiger charge is -2.10. The average Bonchev–Trinajstić information content (AvgIpc) is 3.09. The average molecular weight is 247 g/mol. The first-order chi connectivity index (χ1) is 8.70. The Morgan fingerprint density at radius 1 is 1.28 bits per heavy atom. The van der Waals surface area contributed by atoms with Gasteiger partial charge in [0, 0.05) is 0 Å². The standard InChI is InChI=1S/C16H25NO/c1-4-9-17-11-14-10-16(14)13-5-7-15(8-6-13)18-12(2)3/h5-8,12,14,16-17H,4,9-11H2,1-3H3. The van der Waals surface area contributed by atoms with E-state index in [1.54, 1.807) is 0 Å². The van der Waals surface area contributed by atoms with Crippen LogP contribution in [0.5, 0.6) is 5.75 Å². The Kier molecular flexibility index (Phi) is 4.65. The largest absolute Gasteiger partial charge is 0.491 e. The molecule has 0 saturated heterocycles. The zero-order valence-electron chi connectivity index (χ0n) is 11.8.